The van der Waals surface area contributed by atoms with Crippen molar-refractivity contribution in [3.05, 3.63) is 50.8 Å². The Bertz CT molecular complexity index is 797. The second kappa shape index (κ2) is 5.25. The number of benzene rings is 1. The number of para-hydroxylation sites is 2. The Morgan fingerprint density at radius 2 is 1.90 bits per heavy atom. The monoisotopic (exact) mass is 287 g/mol. The largest absolute Gasteiger partial charge is 0.329 e. The van der Waals surface area contributed by atoms with Crippen molar-refractivity contribution in [3.8, 4) is 0 Å². The Morgan fingerprint density at radius 3 is 2.50 bits per heavy atom. The lowest BCUT2D eigenvalue weighted by molar-refractivity contribution is 0.642. The molecule has 0 atom stereocenters. The van der Waals surface area contributed by atoms with Crippen LogP contribution < -0.4 is 5.69 Å². The second-order valence-electron chi connectivity index (χ2n) is 4.78. The molecule has 3 aromatic rings. The minimum absolute atomic E-state index is 0.0795. The molecule has 0 fully saturated rings. The summed E-state index contributed by atoms with van der Waals surface area (Å²) in [4.78, 5) is 18.0. The quantitative estimate of drug-likeness (QED) is 0.740. The first-order valence-electron chi connectivity index (χ1n) is 6.79. The molecule has 0 saturated heterocycles. The highest BCUT2D eigenvalue weighted by atomic mass is 32.1. The summed E-state index contributed by atoms with van der Waals surface area (Å²) in [5, 5.41) is 0. The molecule has 0 aliphatic rings. The number of aromatic nitrogens is 3. The smallest absolute Gasteiger partial charge is 0.292 e. The van der Waals surface area contributed by atoms with Gasteiger partial charge in [0.25, 0.3) is 0 Å². The van der Waals surface area contributed by atoms with Crippen LogP contribution in [0, 0.1) is 6.92 Å². The molecule has 0 amide bonds. The van der Waals surface area contributed by atoms with Crippen LogP contribution in [0.25, 0.3) is 11.0 Å². The highest BCUT2D eigenvalue weighted by molar-refractivity contribution is 7.09. The first-order valence-corrected chi connectivity index (χ1v) is 7.67. The Morgan fingerprint density at radius 1 is 1.20 bits per heavy atom. The van der Waals surface area contributed by atoms with Gasteiger partial charge in [-0.05, 0) is 26.0 Å². The summed E-state index contributed by atoms with van der Waals surface area (Å²) in [6.07, 6.45) is 0.855. The molecule has 20 heavy (non-hydrogen) atoms. The minimum Gasteiger partial charge on any atom is -0.292 e. The van der Waals surface area contributed by atoms with Crippen LogP contribution >= 0.6 is 11.3 Å². The molecule has 0 N–H and O–H groups in total. The number of thiazole rings is 1. The van der Waals surface area contributed by atoms with Crippen LogP contribution in [0.4, 0.5) is 0 Å². The number of fused-ring (bicyclic) bond motifs is 1. The van der Waals surface area contributed by atoms with Gasteiger partial charge >= 0.3 is 5.69 Å². The summed E-state index contributed by atoms with van der Waals surface area (Å²) in [6.45, 7) is 5.43. The number of hydrogen-bond donors (Lipinski definition) is 0. The molecule has 5 heteroatoms. The molecule has 0 aliphatic carbocycles. The number of rotatable bonds is 4. The Balaban J connectivity index is 2.01. The summed E-state index contributed by atoms with van der Waals surface area (Å²) in [5.41, 5.74) is 5.05. The number of nitrogens with zero attached hydrogens (tertiary/aromatic N) is 3. The van der Waals surface area contributed by atoms with Crippen LogP contribution in [0.5, 0.6) is 0 Å². The zero-order valence-corrected chi connectivity index (χ0v) is 12.5. The van der Waals surface area contributed by atoms with Crippen molar-refractivity contribution in [2.75, 3.05) is 0 Å². The van der Waals surface area contributed by atoms with Crippen molar-refractivity contribution >= 4 is 22.4 Å². The molecule has 104 valence electrons. The van der Waals surface area contributed by atoms with Crippen molar-refractivity contribution < 1.29 is 0 Å². The van der Waals surface area contributed by atoms with Crippen molar-refractivity contribution in [2.24, 2.45) is 0 Å². The van der Waals surface area contributed by atoms with Gasteiger partial charge < -0.3 is 0 Å². The summed E-state index contributed by atoms with van der Waals surface area (Å²) in [6, 6.07) is 7.99. The van der Waals surface area contributed by atoms with Gasteiger partial charge in [-0.1, -0.05) is 12.1 Å². The maximum absolute atomic E-state index is 12.5. The molecule has 0 spiro atoms. The molecule has 3 rings (SSSR count). The average molecular weight is 287 g/mol. The lowest BCUT2D eigenvalue weighted by atomic mass is 10.3. The van der Waals surface area contributed by atoms with Crippen LogP contribution in [0.15, 0.2) is 34.6 Å². The van der Waals surface area contributed by atoms with E-state index in [-0.39, 0.29) is 5.69 Å². The third-order valence-electron chi connectivity index (χ3n) is 3.65. The van der Waals surface area contributed by atoms with Crippen LogP contribution in [-0.4, -0.2) is 14.1 Å². The summed E-state index contributed by atoms with van der Waals surface area (Å²) in [5.74, 6) is 0. The third kappa shape index (κ3) is 2.08. The Kier molecular flexibility index (Phi) is 3.44. The van der Waals surface area contributed by atoms with E-state index in [1.54, 1.807) is 11.3 Å². The van der Waals surface area contributed by atoms with E-state index < -0.39 is 0 Å². The summed E-state index contributed by atoms with van der Waals surface area (Å²) in [7, 11) is 0. The highest BCUT2D eigenvalue weighted by Gasteiger charge is 2.12. The van der Waals surface area contributed by atoms with E-state index >= 15 is 0 Å². The van der Waals surface area contributed by atoms with Crippen LogP contribution in [-0.2, 0) is 19.5 Å². The molecule has 4 nitrogen and oxygen atoms in total. The normalized spacial score (nSPS) is 11.3. The van der Waals surface area contributed by atoms with Gasteiger partial charge in [-0.15, -0.1) is 11.3 Å². The van der Waals surface area contributed by atoms with Gasteiger partial charge in [0, 0.05) is 24.4 Å². The fraction of sp³-hybridized carbons (Fsp3) is 0.333. The molecular formula is C15H17N3OS. The van der Waals surface area contributed by atoms with Gasteiger partial charge in [-0.2, -0.15) is 0 Å². The molecular weight excluding hydrogens is 270 g/mol. The maximum Gasteiger partial charge on any atom is 0.329 e. The number of aryl methyl sites for hydroxylation is 4. The minimum atomic E-state index is 0.0795. The maximum atomic E-state index is 12.5. The third-order valence-corrected chi connectivity index (χ3v) is 4.64. The Hall–Kier alpha value is -1.88. The van der Waals surface area contributed by atoms with E-state index in [9.17, 15) is 4.79 Å². The fourth-order valence-electron chi connectivity index (χ4n) is 2.57. The van der Waals surface area contributed by atoms with Crippen LogP contribution in [0.2, 0.25) is 0 Å². The van der Waals surface area contributed by atoms with E-state index in [2.05, 4.69) is 4.98 Å². The molecule has 0 unspecified atom stereocenters. The van der Waals surface area contributed by atoms with Gasteiger partial charge in [0.15, 0.2) is 0 Å². The van der Waals surface area contributed by atoms with E-state index in [1.807, 2.05) is 52.8 Å². The molecule has 1 aromatic carbocycles. The van der Waals surface area contributed by atoms with Gasteiger partial charge in [-0.3, -0.25) is 9.13 Å². The predicted octanol–water partition coefficient (Wildman–Crippen LogP) is 2.83. The first-order chi connectivity index (χ1) is 9.72. The van der Waals surface area contributed by atoms with Crippen LogP contribution in [0.1, 0.15) is 17.5 Å². The lowest BCUT2D eigenvalue weighted by Gasteiger charge is -2.02. The molecule has 0 bridgehead atoms. The standard InChI is InChI=1S/C15H17N3OS/c1-3-17-12-6-4-5-7-13(12)18(15(17)19)9-8-14-11(2)16-10-20-14/h4-7,10H,3,8-9H2,1-2H3. The van der Waals surface area contributed by atoms with E-state index in [0.29, 0.717) is 13.1 Å². The highest BCUT2D eigenvalue weighted by Crippen LogP contribution is 2.16. The van der Waals surface area contributed by atoms with Gasteiger partial charge in [0.2, 0.25) is 0 Å². The van der Waals surface area contributed by atoms with E-state index in [1.165, 1.54) is 4.88 Å². The molecule has 0 saturated carbocycles. The fourth-order valence-corrected chi connectivity index (χ4v) is 3.34. The Labute approximate surface area is 121 Å². The molecule has 0 radical (unpaired) electrons. The molecule has 2 heterocycles. The first kappa shape index (κ1) is 13.1. The van der Waals surface area contributed by atoms with Gasteiger partial charge in [0.1, 0.15) is 0 Å². The SMILES string of the molecule is CCn1c(=O)n(CCc2scnc2C)c2ccccc21. The van der Waals surface area contributed by atoms with E-state index in [4.69, 9.17) is 0 Å². The number of imidazole rings is 1. The van der Waals surface area contributed by atoms with Crippen molar-refractivity contribution in [1.82, 2.24) is 14.1 Å². The topological polar surface area (TPSA) is 39.8 Å². The average Bonchev–Trinajstić information content (AvgIpc) is 2.98. The van der Waals surface area contributed by atoms with Gasteiger partial charge in [0.05, 0.1) is 22.2 Å². The van der Waals surface area contributed by atoms with Crippen LogP contribution in [0.3, 0.4) is 0 Å². The van der Waals surface area contributed by atoms with Crippen molar-refractivity contribution in [1.29, 1.82) is 0 Å². The summed E-state index contributed by atoms with van der Waals surface area (Å²) >= 11 is 1.66. The summed E-state index contributed by atoms with van der Waals surface area (Å²) < 4.78 is 3.70. The predicted molar refractivity (Wildman–Crippen MR) is 82.4 cm³/mol. The molecule has 0 aliphatic heterocycles. The second-order valence-corrected chi connectivity index (χ2v) is 5.72. The zero-order valence-electron chi connectivity index (χ0n) is 11.7. The van der Waals surface area contributed by atoms with Crippen molar-refractivity contribution in [3.63, 3.8) is 0 Å². The van der Waals surface area contributed by atoms with Gasteiger partial charge in [-0.25, -0.2) is 9.78 Å². The van der Waals surface area contributed by atoms with Crippen molar-refractivity contribution in [2.45, 2.75) is 33.4 Å². The number of hydrogen-bond acceptors (Lipinski definition) is 3. The molecule has 2 aromatic heterocycles. The zero-order chi connectivity index (χ0) is 14.1. The lowest BCUT2D eigenvalue weighted by Crippen LogP contribution is -2.24. The van der Waals surface area contributed by atoms with E-state index in [0.717, 1.165) is 23.1 Å².